The largest absolute Gasteiger partial charge is 0.497 e. The number of carbonyl (C=O) groups is 1. The Bertz CT molecular complexity index is 804. The summed E-state index contributed by atoms with van der Waals surface area (Å²) in [7, 11) is 3.16. The number of nitrogens with zero attached hydrogens (tertiary/aromatic N) is 2. The number of nitrogens with one attached hydrogen (secondary N) is 2. The quantitative estimate of drug-likeness (QED) is 0.676. The van der Waals surface area contributed by atoms with E-state index in [0.717, 1.165) is 24.5 Å². The zero-order valence-electron chi connectivity index (χ0n) is 17.4. The molecule has 156 valence electrons. The van der Waals surface area contributed by atoms with Gasteiger partial charge in [0.1, 0.15) is 17.3 Å². The maximum atomic E-state index is 12.4. The summed E-state index contributed by atoms with van der Waals surface area (Å²) in [4.78, 5) is 19.3. The molecule has 1 amide bonds. The van der Waals surface area contributed by atoms with E-state index in [1.54, 1.807) is 32.4 Å². The van der Waals surface area contributed by atoms with Gasteiger partial charge >= 0.3 is 0 Å². The molecule has 0 saturated carbocycles. The van der Waals surface area contributed by atoms with Crippen LogP contribution in [0.15, 0.2) is 36.5 Å². The van der Waals surface area contributed by atoms with Crippen molar-refractivity contribution in [1.82, 2.24) is 10.3 Å². The average molecular weight is 399 g/mol. The van der Waals surface area contributed by atoms with Crippen molar-refractivity contribution in [3.63, 3.8) is 0 Å². The number of benzene rings is 1. The topological polar surface area (TPSA) is 75.7 Å². The Morgan fingerprint density at radius 3 is 2.62 bits per heavy atom. The molecule has 0 spiro atoms. The molecule has 1 fully saturated rings. The molecule has 1 saturated heterocycles. The van der Waals surface area contributed by atoms with Crippen LogP contribution in [-0.2, 0) is 11.3 Å². The van der Waals surface area contributed by atoms with Gasteiger partial charge in [0, 0.05) is 44.4 Å². The molecule has 0 radical (unpaired) electrons. The smallest absolute Gasteiger partial charge is 0.226 e. The fourth-order valence-electron chi connectivity index (χ4n) is 3.41. The van der Waals surface area contributed by atoms with Crippen LogP contribution in [0.2, 0.25) is 0 Å². The molecule has 29 heavy (non-hydrogen) atoms. The second-order valence-corrected chi connectivity index (χ2v) is 7.32. The fourth-order valence-corrected chi connectivity index (χ4v) is 3.41. The highest BCUT2D eigenvalue weighted by atomic mass is 16.5. The molecule has 1 aliphatic rings. The number of hydrogen-bond donors (Lipinski definition) is 2. The average Bonchev–Trinajstić information content (AvgIpc) is 3.27. The van der Waals surface area contributed by atoms with Gasteiger partial charge in [0.15, 0.2) is 0 Å². The highest BCUT2D eigenvalue weighted by Gasteiger charge is 2.14. The molecule has 7 heteroatoms. The third kappa shape index (κ3) is 5.84. The maximum absolute atomic E-state index is 12.4. The van der Waals surface area contributed by atoms with E-state index >= 15 is 0 Å². The normalized spacial score (nSPS) is 14.5. The Kier molecular flexibility index (Phi) is 7.30. The molecule has 2 aromatic rings. The van der Waals surface area contributed by atoms with E-state index in [4.69, 9.17) is 9.47 Å². The van der Waals surface area contributed by atoms with Crippen LogP contribution in [0, 0.1) is 0 Å². The fraction of sp³-hybridized carbons (Fsp3) is 0.455. The summed E-state index contributed by atoms with van der Waals surface area (Å²) in [5.41, 5.74) is 1.71. The lowest BCUT2D eigenvalue weighted by molar-refractivity contribution is -0.116. The Balaban J connectivity index is 1.47. The predicted molar refractivity (Wildman–Crippen MR) is 115 cm³/mol. The van der Waals surface area contributed by atoms with Crippen molar-refractivity contribution in [2.24, 2.45) is 0 Å². The number of amides is 1. The van der Waals surface area contributed by atoms with Crippen LogP contribution in [0.25, 0.3) is 0 Å². The molecule has 1 aliphatic heterocycles. The second-order valence-electron chi connectivity index (χ2n) is 7.32. The van der Waals surface area contributed by atoms with Gasteiger partial charge in [0.2, 0.25) is 5.91 Å². The van der Waals surface area contributed by atoms with Crippen molar-refractivity contribution in [3.05, 3.63) is 42.1 Å². The van der Waals surface area contributed by atoms with Crippen LogP contribution in [0.3, 0.4) is 0 Å². The zero-order valence-corrected chi connectivity index (χ0v) is 17.4. The molecule has 7 nitrogen and oxygen atoms in total. The van der Waals surface area contributed by atoms with Crippen LogP contribution >= 0.6 is 0 Å². The van der Waals surface area contributed by atoms with Gasteiger partial charge in [-0.1, -0.05) is 6.07 Å². The van der Waals surface area contributed by atoms with Crippen LogP contribution in [-0.4, -0.2) is 44.2 Å². The van der Waals surface area contributed by atoms with Crippen molar-refractivity contribution >= 4 is 17.4 Å². The van der Waals surface area contributed by atoms with Crippen molar-refractivity contribution in [2.45, 2.75) is 38.8 Å². The number of rotatable bonds is 9. The van der Waals surface area contributed by atoms with Crippen molar-refractivity contribution in [2.75, 3.05) is 37.5 Å². The summed E-state index contributed by atoms with van der Waals surface area (Å²) in [6.07, 6.45) is 4.74. The minimum Gasteiger partial charge on any atom is -0.497 e. The van der Waals surface area contributed by atoms with E-state index in [1.807, 2.05) is 13.1 Å². The molecule has 0 bridgehead atoms. The standard InChI is InChI=1S/C22H30N4O3/c1-16(12-22(27)25-19-13-18(28-2)7-8-20(19)29-3)23-14-17-6-9-21(24-15-17)26-10-4-5-11-26/h6-9,13,15-16,23H,4-5,10-12,14H2,1-3H3,(H,25,27). The molecule has 1 atom stereocenters. The van der Waals surface area contributed by atoms with E-state index < -0.39 is 0 Å². The summed E-state index contributed by atoms with van der Waals surface area (Å²) in [5.74, 6) is 2.23. The molecule has 3 rings (SSSR count). The Labute approximate surface area is 172 Å². The summed E-state index contributed by atoms with van der Waals surface area (Å²) in [6, 6.07) is 9.51. The van der Waals surface area contributed by atoms with Crippen LogP contribution in [0.5, 0.6) is 11.5 Å². The lowest BCUT2D eigenvalue weighted by atomic mass is 10.2. The van der Waals surface area contributed by atoms with Crippen LogP contribution in [0.4, 0.5) is 11.5 Å². The summed E-state index contributed by atoms with van der Waals surface area (Å²) < 4.78 is 10.5. The van der Waals surface area contributed by atoms with Crippen LogP contribution in [0.1, 0.15) is 31.7 Å². The molecule has 1 aromatic carbocycles. The van der Waals surface area contributed by atoms with Crippen molar-refractivity contribution in [3.8, 4) is 11.5 Å². The van der Waals surface area contributed by atoms with Gasteiger partial charge in [-0.25, -0.2) is 4.98 Å². The van der Waals surface area contributed by atoms with Crippen LogP contribution < -0.4 is 25.0 Å². The first-order valence-electron chi connectivity index (χ1n) is 10.0. The van der Waals surface area contributed by atoms with Gasteiger partial charge in [-0.05, 0) is 43.5 Å². The Morgan fingerprint density at radius 1 is 1.17 bits per heavy atom. The Hall–Kier alpha value is -2.80. The first kappa shape index (κ1) is 20.9. The number of hydrogen-bond acceptors (Lipinski definition) is 6. The molecule has 2 N–H and O–H groups in total. The predicted octanol–water partition coefficient (Wildman–Crippen LogP) is 3.21. The summed E-state index contributed by atoms with van der Waals surface area (Å²) in [5, 5.41) is 6.29. The number of methoxy groups -OCH3 is 2. The molecule has 2 heterocycles. The zero-order chi connectivity index (χ0) is 20.6. The maximum Gasteiger partial charge on any atom is 0.226 e. The number of carbonyl (C=O) groups excluding carboxylic acids is 1. The monoisotopic (exact) mass is 398 g/mol. The van der Waals surface area contributed by atoms with E-state index in [9.17, 15) is 4.79 Å². The van der Waals surface area contributed by atoms with E-state index in [-0.39, 0.29) is 11.9 Å². The molecule has 0 aliphatic carbocycles. The summed E-state index contributed by atoms with van der Waals surface area (Å²) in [6.45, 7) is 4.85. The van der Waals surface area contributed by atoms with E-state index in [1.165, 1.54) is 12.8 Å². The van der Waals surface area contributed by atoms with Gasteiger partial charge in [-0.2, -0.15) is 0 Å². The minimum atomic E-state index is -0.0842. The number of aromatic nitrogens is 1. The SMILES string of the molecule is COc1ccc(OC)c(NC(=O)CC(C)NCc2ccc(N3CCCC3)nc2)c1. The van der Waals surface area contributed by atoms with Gasteiger partial charge in [0.25, 0.3) is 0 Å². The second kappa shape index (κ2) is 10.1. The third-order valence-electron chi connectivity index (χ3n) is 5.07. The minimum absolute atomic E-state index is 0.0184. The number of anilines is 2. The third-order valence-corrected chi connectivity index (χ3v) is 5.07. The first-order chi connectivity index (χ1) is 14.1. The van der Waals surface area contributed by atoms with Gasteiger partial charge in [-0.3, -0.25) is 4.79 Å². The lowest BCUT2D eigenvalue weighted by Gasteiger charge is -2.17. The molecule has 1 unspecified atom stereocenters. The van der Waals surface area contributed by atoms with Crippen molar-refractivity contribution < 1.29 is 14.3 Å². The van der Waals surface area contributed by atoms with Gasteiger partial charge < -0.3 is 25.0 Å². The number of ether oxygens (including phenoxy) is 2. The molecule has 1 aromatic heterocycles. The van der Waals surface area contributed by atoms with Gasteiger partial charge in [0.05, 0.1) is 19.9 Å². The first-order valence-corrected chi connectivity index (χ1v) is 10.0. The van der Waals surface area contributed by atoms with E-state index in [0.29, 0.717) is 30.2 Å². The molecular weight excluding hydrogens is 368 g/mol. The Morgan fingerprint density at radius 2 is 1.97 bits per heavy atom. The van der Waals surface area contributed by atoms with Crippen molar-refractivity contribution in [1.29, 1.82) is 0 Å². The summed E-state index contributed by atoms with van der Waals surface area (Å²) >= 11 is 0. The highest BCUT2D eigenvalue weighted by molar-refractivity contribution is 5.92. The van der Waals surface area contributed by atoms with Gasteiger partial charge in [-0.15, -0.1) is 0 Å². The molecular formula is C22H30N4O3. The lowest BCUT2D eigenvalue weighted by Crippen LogP contribution is -2.30. The highest BCUT2D eigenvalue weighted by Crippen LogP contribution is 2.29. The van der Waals surface area contributed by atoms with E-state index in [2.05, 4.69) is 32.7 Å². The number of pyridine rings is 1.